The average molecular weight is 410 g/mol. The molecule has 2 unspecified atom stereocenters. The van der Waals surface area contributed by atoms with Crippen LogP contribution in [-0.4, -0.2) is 52.3 Å². The highest BCUT2D eigenvalue weighted by Crippen LogP contribution is 2.40. The Balaban J connectivity index is 1.74. The van der Waals surface area contributed by atoms with Crippen LogP contribution < -0.4 is 11.2 Å². The number of hydrogen-bond donors (Lipinski definition) is 2. The van der Waals surface area contributed by atoms with Crippen LogP contribution in [-0.2, 0) is 19.5 Å². The Hall–Kier alpha value is -1.91. The highest BCUT2D eigenvalue weighted by molar-refractivity contribution is 8.00. The number of aromatic nitrogens is 5. The van der Waals surface area contributed by atoms with Gasteiger partial charge in [-0.2, -0.15) is 0 Å². The van der Waals surface area contributed by atoms with Gasteiger partial charge < -0.3 is 10.2 Å². The van der Waals surface area contributed by atoms with Gasteiger partial charge in [0.25, 0.3) is 5.56 Å². The van der Waals surface area contributed by atoms with Gasteiger partial charge in [0.05, 0.1) is 29.0 Å². The van der Waals surface area contributed by atoms with E-state index in [0.717, 1.165) is 18.7 Å². The summed E-state index contributed by atoms with van der Waals surface area (Å²) in [6.45, 7) is 4.72. The van der Waals surface area contributed by atoms with E-state index in [2.05, 4.69) is 17.2 Å². The summed E-state index contributed by atoms with van der Waals surface area (Å²) in [6.07, 6.45) is 5.36. The lowest BCUT2D eigenvalue weighted by Gasteiger charge is -2.16. The number of aryl methyl sites for hydroxylation is 3. The van der Waals surface area contributed by atoms with Crippen molar-refractivity contribution < 1.29 is 10.2 Å². The summed E-state index contributed by atoms with van der Waals surface area (Å²) < 4.78 is 4.56. The molecule has 10 heteroatoms. The molecule has 1 fully saturated rings. The Bertz CT molecular complexity index is 921. The molecule has 3 rings (SSSR count). The molecule has 154 valence electrons. The van der Waals surface area contributed by atoms with Crippen molar-refractivity contribution in [2.24, 2.45) is 0 Å². The first-order valence-electron chi connectivity index (χ1n) is 9.60. The topological polar surface area (TPSA) is 115 Å². The summed E-state index contributed by atoms with van der Waals surface area (Å²) in [5.41, 5.74) is 0.650. The molecule has 0 aromatic carbocycles. The van der Waals surface area contributed by atoms with Crippen LogP contribution in [0.3, 0.4) is 0 Å². The molecular weight excluding hydrogens is 382 g/mol. The quantitative estimate of drug-likeness (QED) is 0.645. The van der Waals surface area contributed by atoms with Crippen molar-refractivity contribution in [1.82, 2.24) is 24.1 Å². The first kappa shape index (κ1) is 20.8. The second-order valence-electron chi connectivity index (χ2n) is 7.15. The van der Waals surface area contributed by atoms with E-state index < -0.39 is 6.10 Å². The standard InChI is InChI=1S/C18H27N5O4S/c1-3-6-21-10-13(19-20-21)5-4-7-22-17(26)12(2)9-23(18(22)27)16-8-14(25)15(11-24)28-16/h9-10,14-16,24-25H,3-8,11H2,1-2H3/t14?,15-,16?/m1/s1. The van der Waals surface area contributed by atoms with Gasteiger partial charge in [0.15, 0.2) is 0 Å². The van der Waals surface area contributed by atoms with Gasteiger partial charge >= 0.3 is 5.69 Å². The number of aliphatic hydroxyl groups is 2. The summed E-state index contributed by atoms with van der Waals surface area (Å²) in [5, 5.41) is 26.9. The van der Waals surface area contributed by atoms with Gasteiger partial charge in [-0.05, 0) is 26.2 Å². The molecule has 2 aromatic rings. The van der Waals surface area contributed by atoms with Gasteiger partial charge in [-0.3, -0.25) is 18.6 Å². The smallest absolute Gasteiger partial charge is 0.331 e. The summed E-state index contributed by atoms with van der Waals surface area (Å²) in [5.74, 6) is 0. The molecule has 3 atom stereocenters. The van der Waals surface area contributed by atoms with E-state index >= 15 is 0 Å². The van der Waals surface area contributed by atoms with E-state index in [1.165, 1.54) is 20.9 Å². The third-order valence-corrected chi connectivity index (χ3v) is 6.46. The van der Waals surface area contributed by atoms with Gasteiger partial charge in [0, 0.05) is 37.5 Å². The van der Waals surface area contributed by atoms with Crippen LogP contribution in [0.15, 0.2) is 22.0 Å². The lowest BCUT2D eigenvalue weighted by Crippen LogP contribution is -2.41. The number of hydrogen-bond acceptors (Lipinski definition) is 7. The molecule has 2 aromatic heterocycles. The fourth-order valence-electron chi connectivity index (χ4n) is 3.42. The Kier molecular flexibility index (Phi) is 6.73. The molecule has 9 nitrogen and oxygen atoms in total. The number of nitrogens with zero attached hydrogens (tertiary/aromatic N) is 5. The Labute approximate surface area is 167 Å². The van der Waals surface area contributed by atoms with Gasteiger partial charge in [-0.15, -0.1) is 16.9 Å². The molecule has 0 saturated carbocycles. The zero-order chi connectivity index (χ0) is 20.3. The van der Waals surface area contributed by atoms with Crippen molar-refractivity contribution in [3.8, 4) is 0 Å². The minimum atomic E-state index is -0.668. The van der Waals surface area contributed by atoms with Crippen molar-refractivity contribution >= 4 is 11.8 Å². The highest BCUT2D eigenvalue weighted by Gasteiger charge is 2.35. The summed E-state index contributed by atoms with van der Waals surface area (Å²) in [7, 11) is 0. The van der Waals surface area contributed by atoms with E-state index in [9.17, 15) is 19.8 Å². The van der Waals surface area contributed by atoms with Crippen LogP contribution in [0.2, 0.25) is 0 Å². The molecule has 0 aliphatic carbocycles. The summed E-state index contributed by atoms with van der Waals surface area (Å²) in [4.78, 5) is 25.4. The fourth-order valence-corrected chi connectivity index (χ4v) is 4.79. The Morgan fingerprint density at radius 2 is 2.07 bits per heavy atom. The maximum Gasteiger partial charge on any atom is 0.331 e. The van der Waals surface area contributed by atoms with E-state index in [1.54, 1.807) is 17.8 Å². The van der Waals surface area contributed by atoms with E-state index in [0.29, 0.717) is 31.4 Å². The van der Waals surface area contributed by atoms with Gasteiger partial charge in [-0.25, -0.2) is 4.79 Å². The van der Waals surface area contributed by atoms with Crippen LogP contribution in [0.5, 0.6) is 0 Å². The van der Waals surface area contributed by atoms with E-state index in [-0.39, 0.29) is 28.5 Å². The predicted octanol–water partition coefficient (Wildman–Crippen LogP) is 0.310. The first-order valence-corrected chi connectivity index (χ1v) is 10.5. The van der Waals surface area contributed by atoms with Gasteiger partial charge in [0.2, 0.25) is 0 Å². The van der Waals surface area contributed by atoms with Crippen LogP contribution in [0, 0.1) is 6.92 Å². The molecule has 3 heterocycles. The van der Waals surface area contributed by atoms with Crippen LogP contribution in [0.25, 0.3) is 0 Å². The van der Waals surface area contributed by atoms with Gasteiger partial charge in [0.1, 0.15) is 0 Å². The number of rotatable bonds is 8. The Morgan fingerprint density at radius 3 is 2.75 bits per heavy atom. The number of thioether (sulfide) groups is 1. The molecular formula is C18H27N5O4S. The zero-order valence-electron chi connectivity index (χ0n) is 16.2. The van der Waals surface area contributed by atoms with Crippen molar-refractivity contribution in [3.05, 3.63) is 44.5 Å². The maximum absolute atomic E-state index is 12.9. The fraction of sp³-hybridized carbons (Fsp3) is 0.667. The maximum atomic E-state index is 12.9. The SMILES string of the molecule is CCCn1cc(CCCn2c(=O)c(C)cn(C3CC(O)[C@@H](CO)S3)c2=O)nn1. The third-order valence-electron chi connectivity index (χ3n) is 4.91. The highest BCUT2D eigenvalue weighted by atomic mass is 32.2. The van der Waals surface area contributed by atoms with Crippen molar-refractivity contribution in [1.29, 1.82) is 0 Å². The third kappa shape index (κ3) is 4.39. The van der Waals surface area contributed by atoms with Crippen LogP contribution in [0.1, 0.15) is 42.8 Å². The minimum absolute atomic E-state index is 0.144. The first-order chi connectivity index (χ1) is 13.4. The molecule has 28 heavy (non-hydrogen) atoms. The molecule has 0 amide bonds. The summed E-state index contributed by atoms with van der Waals surface area (Å²) in [6, 6.07) is 0. The molecule has 1 aliphatic heterocycles. The van der Waals surface area contributed by atoms with E-state index in [1.807, 2.05) is 6.20 Å². The van der Waals surface area contributed by atoms with E-state index in [4.69, 9.17) is 0 Å². The van der Waals surface area contributed by atoms with Crippen LogP contribution >= 0.6 is 11.8 Å². The monoisotopic (exact) mass is 409 g/mol. The predicted molar refractivity (Wildman–Crippen MR) is 106 cm³/mol. The second kappa shape index (κ2) is 9.06. The lowest BCUT2D eigenvalue weighted by atomic mass is 10.2. The van der Waals surface area contributed by atoms with Gasteiger partial charge in [-0.1, -0.05) is 12.1 Å². The van der Waals surface area contributed by atoms with Crippen molar-refractivity contribution in [2.75, 3.05) is 6.61 Å². The average Bonchev–Trinajstić information content (AvgIpc) is 3.27. The second-order valence-corrected chi connectivity index (χ2v) is 8.57. The molecule has 0 spiro atoms. The summed E-state index contributed by atoms with van der Waals surface area (Å²) >= 11 is 1.36. The largest absolute Gasteiger partial charge is 0.395 e. The zero-order valence-corrected chi connectivity index (χ0v) is 17.0. The number of aliphatic hydroxyl groups excluding tert-OH is 2. The lowest BCUT2D eigenvalue weighted by molar-refractivity contribution is 0.137. The molecule has 0 radical (unpaired) electrons. The van der Waals surface area contributed by atoms with Crippen LogP contribution in [0.4, 0.5) is 0 Å². The minimum Gasteiger partial charge on any atom is -0.395 e. The van der Waals surface area contributed by atoms with Crippen molar-refractivity contribution in [2.45, 2.75) is 69.3 Å². The van der Waals surface area contributed by atoms with Crippen molar-refractivity contribution in [3.63, 3.8) is 0 Å². The molecule has 0 bridgehead atoms. The molecule has 1 saturated heterocycles. The normalized spacial score (nSPS) is 22.1. The molecule has 1 aliphatic rings. The Morgan fingerprint density at radius 1 is 1.29 bits per heavy atom. The molecule has 2 N–H and O–H groups in total.